The molecular formula is C28H29N3O9. The molecule has 0 radical (unpaired) electrons. The lowest BCUT2D eigenvalue weighted by Crippen LogP contribution is -2.34. The Kier molecular flexibility index (Phi) is 10.3. The number of ether oxygens (including phenoxy) is 6. The van der Waals surface area contributed by atoms with E-state index in [4.69, 9.17) is 28.4 Å². The van der Waals surface area contributed by atoms with Gasteiger partial charge in [0, 0.05) is 5.56 Å². The van der Waals surface area contributed by atoms with E-state index in [0.29, 0.717) is 45.6 Å². The summed E-state index contributed by atoms with van der Waals surface area (Å²) in [4.78, 5) is 37.1. The van der Waals surface area contributed by atoms with Crippen LogP contribution in [0.5, 0.6) is 34.5 Å². The molecule has 0 unspecified atom stereocenters. The normalized spacial score (nSPS) is 10.4. The molecule has 0 saturated carbocycles. The SMILES string of the molecule is COc1ccc(C(=O)Oc2ccc(C=NNC(=O)CNC(=O)c3cc(OC)c(OC)c(OC)c3)cc2)cc1OC. The number of esters is 1. The zero-order valence-electron chi connectivity index (χ0n) is 22.6. The molecule has 0 aromatic heterocycles. The summed E-state index contributed by atoms with van der Waals surface area (Å²) in [6.45, 7) is -0.322. The predicted molar refractivity (Wildman–Crippen MR) is 145 cm³/mol. The number of hydrogen-bond acceptors (Lipinski definition) is 10. The first-order valence-corrected chi connectivity index (χ1v) is 11.8. The molecule has 0 atom stereocenters. The number of nitrogens with zero attached hydrogens (tertiary/aromatic N) is 1. The number of nitrogens with one attached hydrogen (secondary N) is 2. The topological polar surface area (TPSA) is 143 Å². The number of benzene rings is 3. The van der Waals surface area contributed by atoms with Crippen molar-refractivity contribution in [1.29, 1.82) is 0 Å². The first kappa shape index (κ1) is 29.3. The molecule has 12 nitrogen and oxygen atoms in total. The highest BCUT2D eigenvalue weighted by atomic mass is 16.5. The van der Waals surface area contributed by atoms with Crippen molar-refractivity contribution in [2.45, 2.75) is 0 Å². The van der Waals surface area contributed by atoms with Gasteiger partial charge in [-0.25, -0.2) is 10.2 Å². The number of carbonyl (C=O) groups is 3. The van der Waals surface area contributed by atoms with E-state index in [1.54, 1.807) is 36.4 Å². The van der Waals surface area contributed by atoms with Gasteiger partial charge in [0.15, 0.2) is 23.0 Å². The van der Waals surface area contributed by atoms with Crippen LogP contribution in [0, 0.1) is 0 Å². The van der Waals surface area contributed by atoms with Crippen molar-refractivity contribution in [3.63, 3.8) is 0 Å². The van der Waals surface area contributed by atoms with Crippen LogP contribution in [0.3, 0.4) is 0 Å². The minimum absolute atomic E-state index is 0.220. The van der Waals surface area contributed by atoms with Crippen LogP contribution in [0.1, 0.15) is 26.3 Å². The van der Waals surface area contributed by atoms with Gasteiger partial charge in [0.05, 0.1) is 53.9 Å². The van der Waals surface area contributed by atoms with E-state index in [1.807, 2.05) is 0 Å². The number of carbonyl (C=O) groups excluding carboxylic acids is 3. The van der Waals surface area contributed by atoms with Crippen molar-refractivity contribution in [3.8, 4) is 34.5 Å². The summed E-state index contributed by atoms with van der Waals surface area (Å²) in [6, 6.07) is 14.1. The van der Waals surface area contributed by atoms with Gasteiger partial charge in [-0.3, -0.25) is 9.59 Å². The summed E-state index contributed by atoms with van der Waals surface area (Å²) in [5, 5.41) is 6.38. The Labute approximate surface area is 230 Å². The quantitative estimate of drug-likeness (QED) is 0.150. The maximum Gasteiger partial charge on any atom is 0.343 e. The molecule has 2 amide bonds. The second-order valence-corrected chi connectivity index (χ2v) is 7.92. The number of methoxy groups -OCH3 is 5. The van der Waals surface area contributed by atoms with Gasteiger partial charge in [-0.15, -0.1) is 0 Å². The fraction of sp³-hybridized carbons (Fsp3) is 0.214. The fourth-order valence-electron chi connectivity index (χ4n) is 3.44. The van der Waals surface area contributed by atoms with E-state index in [9.17, 15) is 14.4 Å². The Morgan fingerprint density at radius 2 is 1.32 bits per heavy atom. The van der Waals surface area contributed by atoms with Crippen LogP contribution in [-0.4, -0.2) is 66.1 Å². The lowest BCUT2D eigenvalue weighted by molar-refractivity contribution is -0.120. The smallest absolute Gasteiger partial charge is 0.343 e. The molecular weight excluding hydrogens is 522 g/mol. The molecule has 0 aliphatic carbocycles. The summed E-state index contributed by atoms with van der Waals surface area (Å²) in [5.74, 6) is 0.554. The molecule has 0 aliphatic rings. The van der Waals surface area contributed by atoms with Gasteiger partial charge in [-0.2, -0.15) is 5.10 Å². The van der Waals surface area contributed by atoms with Gasteiger partial charge in [0.2, 0.25) is 5.75 Å². The molecule has 0 saturated heterocycles. The molecule has 0 fully saturated rings. The van der Waals surface area contributed by atoms with E-state index in [2.05, 4.69) is 15.8 Å². The van der Waals surface area contributed by atoms with Crippen LogP contribution in [0.25, 0.3) is 0 Å². The second kappa shape index (κ2) is 14.0. The van der Waals surface area contributed by atoms with Gasteiger partial charge in [0.25, 0.3) is 11.8 Å². The Morgan fingerprint density at radius 1 is 0.725 bits per heavy atom. The van der Waals surface area contributed by atoms with Crippen molar-refractivity contribution in [2.75, 3.05) is 42.1 Å². The molecule has 2 N–H and O–H groups in total. The standard InChI is InChI=1S/C28H29N3O9/c1-35-21-11-8-18(12-22(21)36-2)28(34)40-20-9-6-17(7-10-20)15-30-31-25(32)16-29-27(33)19-13-23(37-3)26(39-5)24(14-19)38-4/h6-15H,16H2,1-5H3,(H,29,33)(H,31,32). The third-order valence-electron chi connectivity index (χ3n) is 5.45. The first-order valence-electron chi connectivity index (χ1n) is 11.8. The van der Waals surface area contributed by atoms with Crippen LogP contribution in [0.4, 0.5) is 0 Å². The average Bonchev–Trinajstić information content (AvgIpc) is 2.99. The molecule has 3 rings (SSSR count). The average molecular weight is 552 g/mol. The van der Waals surface area contributed by atoms with Crippen LogP contribution in [-0.2, 0) is 4.79 Å². The predicted octanol–water partition coefficient (Wildman–Crippen LogP) is 2.83. The maximum absolute atomic E-state index is 12.5. The molecule has 0 aliphatic heterocycles. The fourth-order valence-corrected chi connectivity index (χ4v) is 3.44. The van der Waals surface area contributed by atoms with Crippen molar-refractivity contribution < 1.29 is 42.8 Å². The third kappa shape index (κ3) is 7.40. The molecule has 0 heterocycles. The van der Waals surface area contributed by atoms with E-state index >= 15 is 0 Å². The molecule has 40 heavy (non-hydrogen) atoms. The molecule has 3 aromatic rings. The number of amides is 2. The molecule has 0 bridgehead atoms. The first-order chi connectivity index (χ1) is 19.3. The largest absolute Gasteiger partial charge is 0.493 e. The van der Waals surface area contributed by atoms with Gasteiger partial charge in [-0.1, -0.05) is 0 Å². The second-order valence-electron chi connectivity index (χ2n) is 7.92. The number of rotatable bonds is 12. The van der Waals surface area contributed by atoms with Crippen LogP contribution >= 0.6 is 0 Å². The van der Waals surface area contributed by atoms with Crippen molar-refractivity contribution in [1.82, 2.24) is 10.7 Å². The van der Waals surface area contributed by atoms with Crippen molar-refractivity contribution >= 4 is 24.0 Å². The highest BCUT2D eigenvalue weighted by Crippen LogP contribution is 2.38. The zero-order chi connectivity index (χ0) is 29.1. The van der Waals surface area contributed by atoms with E-state index in [0.717, 1.165) is 0 Å². The van der Waals surface area contributed by atoms with Gasteiger partial charge in [-0.05, 0) is 60.2 Å². The molecule has 210 valence electrons. The minimum atomic E-state index is -0.566. The Bertz CT molecular complexity index is 1360. The van der Waals surface area contributed by atoms with E-state index in [-0.39, 0.29) is 12.1 Å². The lowest BCUT2D eigenvalue weighted by atomic mass is 10.1. The van der Waals surface area contributed by atoms with E-state index in [1.165, 1.54) is 60.0 Å². The molecule has 0 spiro atoms. The van der Waals surface area contributed by atoms with Crippen LogP contribution < -0.4 is 39.2 Å². The summed E-state index contributed by atoms with van der Waals surface area (Å²) in [5.41, 5.74) is 3.48. The van der Waals surface area contributed by atoms with Gasteiger partial charge in [0.1, 0.15) is 5.75 Å². The summed E-state index contributed by atoms with van der Waals surface area (Å²) >= 11 is 0. The van der Waals surface area contributed by atoms with Gasteiger partial charge >= 0.3 is 5.97 Å². The van der Waals surface area contributed by atoms with Crippen molar-refractivity contribution in [3.05, 3.63) is 71.3 Å². The van der Waals surface area contributed by atoms with Gasteiger partial charge < -0.3 is 33.7 Å². The molecule has 12 heteroatoms. The Balaban J connectivity index is 1.51. The minimum Gasteiger partial charge on any atom is -0.493 e. The Morgan fingerprint density at radius 3 is 1.90 bits per heavy atom. The maximum atomic E-state index is 12.5. The van der Waals surface area contributed by atoms with Crippen LogP contribution in [0.2, 0.25) is 0 Å². The Hall–Kier alpha value is -5.26. The highest BCUT2D eigenvalue weighted by molar-refractivity contribution is 5.97. The number of hydrogen-bond donors (Lipinski definition) is 2. The summed E-state index contributed by atoms with van der Waals surface area (Å²) in [7, 11) is 7.30. The summed E-state index contributed by atoms with van der Waals surface area (Å²) in [6.07, 6.45) is 1.40. The number of hydrazone groups is 1. The molecule has 3 aromatic carbocycles. The lowest BCUT2D eigenvalue weighted by Gasteiger charge is -2.14. The van der Waals surface area contributed by atoms with Crippen molar-refractivity contribution in [2.24, 2.45) is 5.10 Å². The zero-order valence-corrected chi connectivity index (χ0v) is 22.6. The van der Waals surface area contributed by atoms with E-state index < -0.39 is 17.8 Å². The van der Waals surface area contributed by atoms with Crippen LogP contribution in [0.15, 0.2) is 59.7 Å². The highest BCUT2D eigenvalue weighted by Gasteiger charge is 2.17. The monoisotopic (exact) mass is 551 g/mol. The summed E-state index contributed by atoms with van der Waals surface area (Å²) < 4.78 is 31.5. The third-order valence-corrected chi connectivity index (χ3v) is 5.45.